The lowest BCUT2D eigenvalue weighted by Gasteiger charge is -2.59. The van der Waals surface area contributed by atoms with Crippen molar-refractivity contribution in [2.24, 2.45) is 11.8 Å². The van der Waals surface area contributed by atoms with E-state index in [1.807, 2.05) is 26.8 Å². The van der Waals surface area contributed by atoms with Gasteiger partial charge in [-0.3, -0.25) is 9.59 Å². The number of hydrogen-bond acceptors (Lipinski definition) is 6. The number of fused-ring (bicyclic) bond motifs is 1. The molecular formula is C36H35NO7. The molecule has 44 heavy (non-hydrogen) atoms. The molecule has 0 fully saturated rings. The van der Waals surface area contributed by atoms with Crippen LogP contribution in [0.1, 0.15) is 62.4 Å². The molecular weight excluding hydrogens is 558 g/mol. The Morgan fingerprint density at radius 2 is 1.20 bits per heavy atom. The molecule has 8 heteroatoms. The van der Waals surface area contributed by atoms with Gasteiger partial charge in [-0.2, -0.15) is 0 Å². The number of aliphatic carboxylic acids is 1. The number of rotatable bonds is 7. The van der Waals surface area contributed by atoms with Crippen LogP contribution in [0.4, 0.5) is 5.69 Å². The van der Waals surface area contributed by atoms with Gasteiger partial charge in [0.2, 0.25) is 5.91 Å². The molecule has 3 aliphatic rings. The quantitative estimate of drug-likeness (QED) is 0.255. The second-order valence-electron chi connectivity index (χ2n) is 12.5. The number of carboxylic acid groups (broad SMARTS) is 1. The van der Waals surface area contributed by atoms with Crippen LogP contribution >= 0.6 is 0 Å². The minimum absolute atomic E-state index is 0.0518. The standard InChI is InChI=1S/C36H35NO7/c1-20(2)32(41)43-35-24-15-11-12-16-25(24)36(44-33(42)21(3)4,27-19-22(34(5,6)7)17-18-26(27)35)29(31(39)40)28(35)30(38)37-23-13-9-8-10-14-23/h8-19,28-29H,1,3H2,2,4-7H3,(H,37,38)(H,39,40). The molecule has 0 aromatic heterocycles. The molecule has 0 heterocycles. The lowest BCUT2D eigenvalue weighted by atomic mass is 9.48. The zero-order valence-electron chi connectivity index (χ0n) is 25.4. The molecule has 0 saturated carbocycles. The Balaban J connectivity index is 1.96. The normalized spacial score (nSPS) is 23.0. The number of anilines is 1. The van der Waals surface area contributed by atoms with E-state index in [2.05, 4.69) is 18.5 Å². The molecule has 6 rings (SSSR count). The van der Waals surface area contributed by atoms with Crippen molar-refractivity contribution in [1.82, 2.24) is 0 Å². The van der Waals surface area contributed by atoms with E-state index < -0.39 is 52.3 Å². The van der Waals surface area contributed by atoms with Gasteiger partial charge in [-0.25, -0.2) is 9.59 Å². The number of carboxylic acids is 1. The predicted molar refractivity (Wildman–Crippen MR) is 165 cm³/mol. The van der Waals surface area contributed by atoms with Gasteiger partial charge in [-0.15, -0.1) is 0 Å². The lowest BCUT2D eigenvalue weighted by molar-refractivity contribution is -0.200. The van der Waals surface area contributed by atoms with Crippen LogP contribution < -0.4 is 5.32 Å². The van der Waals surface area contributed by atoms with Gasteiger partial charge in [0.25, 0.3) is 0 Å². The Bertz CT molecular complexity index is 1730. The molecule has 8 nitrogen and oxygen atoms in total. The molecule has 0 radical (unpaired) electrons. The summed E-state index contributed by atoms with van der Waals surface area (Å²) in [7, 11) is 0. The average molecular weight is 594 g/mol. The van der Waals surface area contributed by atoms with Gasteiger partial charge in [-0.1, -0.05) is 94.6 Å². The number of para-hydroxylation sites is 1. The highest BCUT2D eigenvalue weighted by atomic mass is 16.6. The molecule has 3 aromatic rings. The van der Waals surface area contributed by atoms with Crippen molar-refractivity contribution in [2.45, 2.75) is 51.2 Å². The summed E-state index contributed by atoms with van der Waals surface area (Å²) >= 11 is 0. The molecule has 3 aliphatic carbocycles. The van der Waals surface area contributed by atoms with Crippen LogP contribution in [-0.2, 0) is 45.3 Å². The third-order valence-corrected chi connectivity index (χ3v) is 8.42. The van der Waals surface area contributed by atoms with E-state index in [0.717, 1.165) is 5.56 Å². The van der Waals surface area contributed by atoms with Crippen molar-refractivity contribution in [3.05, 3.63) is 125 Å². The first-order chi connectivity index (χ1) is 20.7. The summed E-state index contributed by atoms with van der Waals surface area (Å²) in [5, 5.41) is 13.9. The maximum atomic E-state index is 14.5. The van der Waals surface area contributed by atoms with Crippen LogP contribution in [0, 0.1) is 11.8 Å². The van der Waals surface area contributed by atoms with Crippen LogP contribution in [0.2, 0.25) is 0 Å². The Labute approximate surface area is 256 Å². The first-order valence-corrected chi connectivity index (χ1v) is 14.3. The summed E-state index contributed by atoms with van der Waals surface area (Å²) in [6, 6.07) is 20.7. The highest BCUT2D eigenvalue weighted by Gasteiger charge is 2.73. The highest BCUT2D eigenvalue weighted by Crippen LogP contribution is 2.66. The second kappa shape index (κ2) is 10.6. The van der Waals surface area contributed by atoms with E-state index in [-0.39, 0.29) is 11.1 Å². The van der Waals surface area contributed by atoms with Crippen molar-refractivity contribution in [2.75, 3.05) is 5.32 Å². The number of nitrogens with one attached hydrogen (secondary N) is 1. The predicted octanol–water partition coefficient (Wildman–Crippen LogP) is 5.99. The average Bonchev–Trinajstić information content (AvgIpc) is 2.97. The number of esters is 2. The van der Waals surface area contributed by atoms with Crippen molar-refractivity contribution in [3.8, 4) is 0 Å². The Morgan fingerprint density at radius 1 is 0.727 bits per heavy atom. The fraction of sp³-hybridized carbons (Fsp3) is 0.278. The van der Waals surface area contributed by atoms with E-state index in [9.17, 15) is 24.3 Å². The largest absolute Gasteiger partial charge is 0.481 e. The topological polar surface area (TPSA) is 119 Å². The van der Waals surface area contributed by atoms with Gasteiger partial charge < -0.3 is 19.9 Å². The fourth-order valence-corrected chi connectivity index (χ4v) is 6.41. The highest BCUT2D eigenvalue weighted by molar-refractivity contribution is 6.00. The molecule has 1 amide bonds. The smallest absolute Gasteiger partial charge is 0.334 e. The summed E-state index contributed by atoms with van der Waals surface area (Å²) in [6.45, 7) is 16.4. The molecule has 0 saturated heterocycles. The van der Waals surface area contributed by atoms with Crippen LogP contribution in [0.5, 0.6) is 0 Å². The van der Waals surface area contributed by atoms with Crippen LogP contribution in [0.25, 0.3) is 0 Å². The third kappa shape index (κ3) is 4.53. The molecule has 226 valence electrons. The van der Waals surface area contributed by atoms with E-state index in [1.54, 1.807) is 66.7 Å². The summed E-state index contributed by atoms with van der Waals surface area (Å²) in [6.07, 6.45) is 0. The zero-order valence-corrected chi connectivity index (χ0v) is 25.4. The fourth-order valence-electron chi connectivity index (χ4n) is 6.41. The first kappa shape index (κ1) is 30.5. The van der Waals surface area contributed by atoms with Crippen LogP contribution in [-0.4, -0.2) is 28.9 Å². The summed E-state index contributed by atoms with van der Waals surface area (Å²) in [4.78, 5) is 55.0. The van der Waals surface area contributed by atoms with Crippen molar-refractivity contribution >= 4 is 29.5 Å². The molecule has 0 spiro atoms. The van der Waals surface area contributed by atoms with Gasteiger partial charge >= 0.3 is 17.9 Å². The van der Waals surface area contributed by atoms with Gasteiger partial charge in [0.15, 0.2) is 11.2 Å². The van der Waals surface area contributed by atoms with Crippen molar-refractivity contribution in [3.63, 3.8) is 0 Å². The first-order valence-electron chi connectivity index (χ1n) is 14.3. The van der Waals surface area contributed by atoms with Crippen molar-refractivity contribution < 1.29 is 33.8 Å². The minimum Gasteiger partial charge on any atom is -0.481 e. The number of carbonyl (C=O) groups is 4. The monoisotopic (exact) mass is 593 g/mol. The Kier molecular flexibility index (Phi) is 7.36. The lowest BCUT2D eigenvalue weighted by Crippen LogP contribution is -2.67. The van der Waals surface area contributed by atoms with Gasteiger partial charge in [0.05, 0.1) is 0 Å². The summed E-state index contributed by atoms with van der Waals surface area (Å²) in [5.74, 6) is -7.07. The van der Waals surface area contributed by atoms with Gasteiger partial charge in [-0.05, 0) is 37.0 Å². The van der Waals surface area contributed by atoms with Crippen molar-refractivity contribution in [1.29, 1.82) is 0 Å². The zero-order chi connectivity index (χ0) is 32.2. The van der Waals surface area contributed by atoms with E-state index in [4.69, 9.17) is 9.47 Å². The number of ether oxygens (including phenoxy) is 2. The molecule has 3 aromatic carbocycles. The van der Waals surface area contributed by atoms with E-state index in [0.29, 0.717) is 27.9 Å². The van der Waals surface area contributed by atoms with E-state index >= 15 is 0 Å². The Morgan fingerprint density at radius 3 is 1.68 bits per heavy atom. The number of amides is 1. The van der Waals surface area contributed by atoms with Crippen LogP contribution in [0.15, 0.2) is 97.1 Å². The number of hydrogen-bond donors (Lipinski definition) is 2. The van der Waals surface area contributed by atoms with Gasteiger partial charge in [0.1, 0.15) is 11.8 Å². The third-order valence-electron chi connectivity index (χ3n) is 8.42. The second-order valence-corrected chi connectivity index (χ2v) is 12.5. The minimum atomic E-state index is -1.98. The molecule has 4 atom stereocenters. The maximum absolute atomic E-state index is 14.5. The summed E-state index contributed by atoms with van der Waals surface area (Å²) < 4.78 is 12.6. The summed E-state index contributed by atoms with van der Waals surface area (Å²) in [5.41, 5.74) is -1.63. The maximum Gasteiger partial charge on any atom is 0.334 e. The molecule has 4 unspecified atom stereocenters. The molecule has 0 aliphatic heterocycles. The Hall–Kier alpha value is -4.98. The van der Waals surface area contributed by atoms with Crippen LogP contribution in [0.3, 0.4) is 0 Å². The molecule has 2 N–H and O–H groups in total. The SMILES string of the molecule is C=C(C)C(=O)OC12c3ccccc3C(OC(=O)C(=C)C)(c3ccc(C(C)(C)C)cc31)C(C(=O)Nc1ccccc1)C2C(=O)O. The number of benzene rings is 3. The van der Waals surface area contributed by atoms with Gasteiger partial charge in [0, 0.05) is 39.1 Å². The van der Waals surface area contributed by atoms with E-state index in [1.165, 1.54) is 13.8 Å². The number of carbonyl (C=O) groups excluding carboxylic acids is 3. The molecule has 2 bridgehead atoms.